The van der Waals surface area contributed by atoms with Gasteiger partial charge in [0.05, 0.1) is 49.3 Å². The van der Waals surface area contributed by atoms with E-state index in [-0.39, 0.29) is 41.4 Å². The lowest BCUT2D eigenvalue weighted by atomic mass is 10.0. The highest BCUT2D eigenvalue weighted by Gasteiger charge is 2.35. The smallest absolute Gasteiger partial charge is 0.355 e. The second kappa shape index (κ2) is 7.67. The Morgan fingerprint density at radius 3 is 2.42 bits per heavy atom. The third-order valence-electron chi connectivity index (χ3n) is 3.76. The second-order valence-electron chi connectivity index (χ2n) is 5.32. The Hall–Kier alpha value is -3.38. The van der Waals surface area contributed by atoms with Crippen LogP contribution in [0.1, 0.15) is 21.5 Å². The van der Waals surface area contributed by atoms with Gasteiger partial charge in [-0.3, -0.25) is 0 Å². The van der Waals surface area contributed by atoms with E-state index >= 15 is 0 Å². The SMILES string of the molecule is COC(=O)C1=C(C(=O)OC)N(c2c(C)cc(C#N)cc2C(=O)O)COC1. The van der Waals surface area contributed by atoms with Gasteiger partial charge in [-0.1, -0.05) is 0 Å². The third-order valence-corrected chi connectivity index (χ3v) is 3.76. The molecule has 1 aliphatic rings. The number of hydrogen-bond acceptors (Lipinski definition) is 8. The van der Waals surface area contributed by atoms with E-state index in [0.29, 0.717) is 5.56 Å². The Kier molecular flexibility index (Phi) is 5.59. The molecule has 1 aromatic rings. The first kappa shape index (κ1) is 19.0. The van der Waals surface area contributed by atoms with Crippen LogP contribution in [0.4, 0.5) is 5.69 Å². The summed E-state index contributed by atoms with van der Waals surface area (Å²) in [5, 5.41) is 18.6. The minimum atomic E-state index is -1.30. The Labute approximate surface area is 149 Å². The number of ether oxygens (including phenoxy) is 3. The minimum Gasteiger partial charge on any atom is -0.478 e. The topological polar surface area (TPSA) is 126 Å². The number of aryl methyl sites for hydroxylation is 1. The molecule has 1 aliphatic heterocycles. The number of carbonyl (C=O) groups is 3. The Balaban J connectivity index is 2.77. The van der Waals surface area contributed by atoms with Gasteiger partial charge in [-0.05, 0) is 24.6 Å². The fraction of sp³-hybridized carbons (Fsp3) is 0.294. The van der Waals surface area contributed by atoms with Crippen LogP contribution in [-0.4, -0.2) is 50.6 Å². The average molecular weight is 360 g/mol. The Bertz CT molecular complexity index is 851. The lowest BCUT2D eigenvalue weighted by Gasteiger charge is -2.33. The summed E-state index contributed by atoms with van der Waals surface area (Å²) >= 11 is 0. The Morgan fingerprint density at radius 1 is 1.23 bits per heavy atom. The second-order valence-corrected chi connectivity index (χ2v) is 5.32. The van der Waals surface area contributed by atoms with Crippen molar-refractivity contribution in [2.45, 2.75) is 6.92 Å². The number of benzene rings is 1. The zero-order valence-corrected chi connectivity index (χ0v) is 14.4. The fourth-order valence-corrected chi connectivity index (χ4v) is 2.69. The number of anilines is 1. The predicted molar refractivity (Wildman–Crippen MR) is 87.2 cm³/mol. The van der Waals surface area contributed by atoms with Gasteiger partial charge in [0.15, 0.2) is 0 Å². The number of rotatable bonds is 4. The molecule has 0 saturated heterocycles. The molecule has 2 rings (SSSR count). The molecule has 26 heavy (non-hydrogen) atoms. The summed E-state index contributed by atoms with van der Waals surface area (Å²) in [5.74, 6) is -2.93. The number of nitriles is 1. The summed E-state index contributed by atoms with van der Waals surface area (Å²) in [7, 11) is 2.29. The van der Waals surface area contributed by atoms with E-state index in [2.05, 4.69) is 4.74 Å². The van der Waals surface area contributed by atoms with Crippen molar-refractivity contribution in [2.75, 3.05) is 32.5 Å². The molecule has 0 saturated carbocycles. The molecule has 9 nitrogen and oxygen atoms in total. The van der Waals surface area contributed by atoms with Crippen LogP contribution in [-0.2, 0) is 23.8 Å². The number of carbonyl (C=O) groups excluding carboxylic acids is 2. The van der Waals surface area contributed by atoms with E-state index in [0.717, 1.165) is 14.2 Å². The molecule has 0 unspecified atom stereocenters. The van der Waals surface area contributed by atoms with Crippen LogP contribution in [0.5, 0.6) is 0 Å². The normalized spacial score (nSPS) is 13.8. The first-order valence-electron chi connectivity index (χ1n) is 7.38. The number of aromatic carboxylic acids is 1. The van der Waals surface area contributed by atoms with Crippen molar-refractivity contribution < 1.29 is 33.7 Å². The molecule has 0 aromatic heterocycles. The van der Waals surface area contributed by atoms with Crippen molar-refractivity contribution in [3.05, 3.63) is 40.1 Å². The average Bonchev–Trinajstić information content (AvgIpc) is 2.65. The van der Waals surface area contributed by atoms with Crippen LogP contribution in [0.3, 0.4) is 0 Å². The van der Waals surface area contributed by atoms with Crippen molar-refractivity contribution in [2.24, 2.45) is 0 Å². The molecule has 0 atom stereocenters. The van der Waals surface area contributed by atoms with Gasteiger partial charge in [-0.25, -0.2) is 14.4 Å². The molecule has 0 spiro atoms. The van der Waals surface area contributed by atoms with Gasteiger partial charge in [0.2, 0.25) is 0 Å². The standard InChI is InChI=1S/C17H16N2O7/c1-9-4-10(6-18)5-11(15(20)21)13(9)19-8-26-7-12(16(22)24-2)14(19)17(23)25-3/h4-5H,7-8H2,1-3H3,(H,20,21). The van der Waals surface area contributed by atoms with Crippen LogP contribution in [0.25, 0.3) is 0 Å². The summed E-state index contributed by atoms with van der Waals surface area (Å²) in [6, 6.07) is 4.55. The molecule has 0 amide bonds. The van der Waals surface area contributed by atoms with Crippen LogP contribution < -0.4 is 4.90 Å². The number of carboxylic acids is 1. The quantitative estimate of drug-likeness (QED) is 0.781. The van der Waals surface area contributed by atoms with Gasteiger partial charge in [0.1, 0.15) is 12.4 Å². The van der Waals surface area contributed by atoms with E-state index in [1.54, 1.807) is 6.92 Å². The monoisotopic (exact) mass is 360 g/mol. The van der Waals surface area contributed by atoms with Gasteiger partial charge in [0, 0.05) is 0 Å². The van der Waals surface area contributed by atoms with E-state index in [9.17, 15) is 19.5 Å². The molecule has 1 heterocycles. The van der Waals surface area contributed by atoms with Crippen LogP contribution >= 0.6 is 0 Å². The van der Waals surface area contributed by atoms with Crippen molar-refractivity contribution in [1.82, 2.24) is 0 Å². The van der Waals surface area contributed by atoms with Crippen LogP contribution in [0, 0.1) is 18.3 Å². The molecular weight excluding hydrogens is 344 g/mol. The third kappa shape index (κ3) is 3.36. The van der Waals surface area contributed by atoms with Gasteiger partial charge < -0.3 is 24.2 Å². The molecule has 0 bridgehead atoms. The van der Waals surface area contributed by atoms with E-state index in [1.165, 1.54) is 17.0 Å². The lowest BCUT2D eigenvalue weighted by molar-refractivity contribution is -0.140. The molecule has 0 radical (unpaired) electrons. The Morgan fingerprint density at radius 2 is 1.88 bits per heavy atom. The zero-order valence-electron chi connectivity index (χ0n) is 14.4. The van der Waals surface area contributed by atoms with Crippen molar-refractivity contribution in [3.63, 3.8) is 0 Å². The van der Waals surface area contributed by atoms with Crippen molar-refractivity contribution in [1.29, 1.82) is 5.26 Å². The van der Waals surface area contributed by atoms with Crippen LogP contribution in [0.15, 0.2) is 23.4 Å². The van der Waals surface area contributed by atoms with Crippen molar-refractivity contribution in [3.8, 4) is 6.07 Å². The summed E-state index contributed by atoms with van der Waals surface area (Å²) in [6.45, 7) is 1.22. The highest BCUT2D eigenvalue weighted by molar-refractivity contribution is 6.05. The van der Waals surface area contributed by atoms with Crippen molar-refractivity contribution >= 4 is 23.6 Å². The molecule has 9 heteroatoms. The largest absolute Gasteiger partial charge is 0.478 e. The lowest BCUT2D eigenvalue weighted by Crippen LogP contribution is -2.39. The van der Waals surface area contributed by atoms with Gasteiger partial charge >= 0.3 is 17.9 Å². The number of methoxy groups -OCH3 is 2. The summed E-state index contributed by atoms with van der Waals surface area (Å²) in [6.07, 6.45) is 0. The van der Waals surface area contributed by atoms with Gasteiger partial charge in [-0.15, -0.1) is 0 Å². The molecule has 0 fully saturated rings. The minimum absolute atomic E-state index is 0.0919. The maximum Gasteiger partial charge on any atom is 0.355 e. The molecule has 1 N–H and O–H groups in total. The summed E-state index contributed by atoms with van der Waals surface area (Å²) in [5.41, 5.74) is 0.221. The predicted octanol–water partition coefficient (Wildman–Crippen LogP) is 0.959. The first-order chi connectivity index (χ1) is 12.3. The van der Waals surface area contributed by atoms with E-state index in [1.807, 2.05) is 6.07 Å². The zero-order chi connectivity index (χ0) is 19.4. The maximum atomic E-state index is 12.3. The number of nitrogens with zero attached hydrogens (tertiary/aromatic N) is 2. The molecule has 136 valence electrons. The highest BCUT2D eigenvalue weighted by Crippen LogP contribution is 2.33. The number of hydrogen-bond donors (Lipinski definition) is 1. The summed E-state index contributed by atoms with van der Waals surface area (Å²) in [4.78, 5) is 37.3. The van der Waals surface area contributed by atoms with Gasteiger partial charge in [0.25, 0.3) is 0 Å². The number of esters is 2. The van der Waals surface area contributed by atoms with E-state index < -0.39 is 17.9 Å². The molecule has 1 aromatic carbocycles. The molecular formula is C17H16N2O7. The first-order valence-corrected chi connectivity index (χ1v) is 7.38. The molecule has 0 aliphatic carbocycles. The highest BCUT2D eigenvalue weighted by atomic mass is 16.5. The van der Waals surface area contributed by atoms with Gasteiger partial charge in [-0.2, -0.15) is 5.26 Å². The maximum absolute atomic E-state index is 12.3. The number of carboxylic acid groups (broad SMARTS) is 1. The van der Waals surface area contributed by atoms with E-state index in [4.69, 9.17) is 14.7 Å². The summed E-state index contributed by atoms with van der Waals surface area (Å²) < 4.78 is 14.8. The fourth-order valence-electron chi connectivity index (χ4n) is 2.69. The van der Waals surface area contributed by atoms with Crippen LogP contribution in [0.2, 0.25) is 0 Å².